The van der Waals surface area contributed by atoms with Gasteiger partial charge >= 0.3 is 0 Å². The minimum absolute atomic E-state index is 0.0359. The zero-order chi connectivity index (χ0) is 18.7. The molecule has 3 rings (SSSR count). The quantitative estimate of drug-likeness (QED) is 0.370. The van der Waals surface area contributed by atoms with Gasteiger partial charge in [0.05, 0.1) is 18.1 Å². The maximum absolute atomic E-state index is 12.8. The standard InChI is InChI=1S/C16H16N4O5S/c17-19-18-11-1-3-13-14-10-12(2-4-15(14)25-16(13)9-11)26(23,24)20(5-7-21)6-8-22/h1-4,9-10,21-22H,5-8H2. The predicted octanol–water partition coefficient (Wildman–Crippen LogP) is 2.50. The third-order valence-corrected chi connectivity index (χ3v) is 5.82. The first kappa shape index (κ1) is 18.2. The maximum atomic E-state index is 12.8. The van der Waals surface area contributed by atoms with Crippen molar-refractivity contribution in [1.29, 1.82) is 0 Å². The van der Waals surface area contributed by atoms with E-state index in [9.17, 15) is 8.42 Å². The summed E-state index contributed by atoms with van der Waals surface area (Å²) in [6.45, 7) is -0.915. The van der Waals surface area contributed by atoms with Crippen LogP contribution in [0.1, 0.15) is 0 Å². The Labute approximate surface area is 148 Å². The molecule has 2 N–H and O–H groups in total. The molecule has 0 radical (unpaired) electrons. The van der Waals surface area contributed by atoms with Gasteiger partial charge in [-0.05, 0) is 29.8 Å². The van der Waals surface area contributed by atoms with Gasteiger partial charge in [0, 0.05) is 34.5 Å². The van der Waals surface area contributed by atoms with Gasteiger partial charge in [-0.3, -0.25) is 0 Å². The molecular weight excluding hydrogens is 360 g/mol. The molecular formula is C16H16N4O5S. The molecule has 0 atom stereocenters. The fourth-order valence-electron chi connectivity index (χ4n) is 2.74. The van der Waals surface area contributed by atoms with Gasteiger partial charge in [0.25, 0.3) is 0 Å². The van der Waals surface area contributed by atoms with Crippen LogP contribution in [-0.4, -0.2) is 49.2 Å². The summed E-state index contributed by atoms with van der Waals surface area (Å²) < 4.78 is 32.3. The molecule has 0 saturated heterocycles. The molecule has 1 heterocycles. The number of benzene rings is 2. The Balaban J connectivity index is 2.13. The molecule has 0 aliphatic carbocycles. The summed E-state index contributed by atoms with van der Waals surface area (Å²) in [6.07, 6.45) is 0. The second-order valence-corrected chi connectivity index (χ2v) is 7.42. The minimum Gasteiger partial charge on any atom is -0.456 e. The molecule has 136 valence electrons. The summed E-state index contributed by atoms with van der Waals surface area (Å²) in [5.74, 6) is 0. The van der Waals surface area contributed by atoms with Crippen molar-refractivity contribution in [3.05, 3.63) is 46.8 Å². The fraction of sp³-hybridized carbons (Fsp3) is 0.250. The van der Waals surface area contributed by atoms with Crippen molar-refractivity contribution >= 4 is 37.6 Å². The van der Waals surface area contributed by atoms with Gasteiger partial charge in [0.15, 0.2) is 0 Å². The highest BCUT2D eigenvalue weighted by atomic mass is 32.2. The Hall–Kier alpha value is -2.62. The van der Waals surface area contributed by atoms with Crippen LogP contribution >= 0.6 is 0 Å². The Morgan fingerprint density at radius 2 is 1.77 bits per heavy atom. The van der Waals surface area contributed by atoms with Gasteiger partial charge in [0.1, 0.15) is 11.2 Å². The highest BCUT2D eigenvalue weighted by Gasteiger charge is 2.24. The van der Waals surface area contributed by atoms with Crippen molar-refractivity contribution in [2.24, 2.45) is 5.11 Å². The van der Waals surface area contributed by atoms with E-state index in [1.807, 2.05) is 0 Å². The molecule has 0 unspecified atom stereocenters. The normalized spacial score (nSPS) is 12.0. The number of aliphatic hydroxyl groups excluding tert-OH is 2. The topological polar surface area (TPSA) is 140 Å². The number of sulfonamides is 1. The molecule has 26 heavy (non-hydrogen) atoms. The molecule has 3 aromatic rings. The summed E-state index contributed by atoms with van der Waals surface area (Å²) in [4.78, 5) is 2.76. The van der Waals surface area contributed by atoms with Gasteiger partial charge < -0.3 is 14.6 Å². The van der Waals surface area contributed by atoms with Crippen LogP contribution < -0.4 is 0 Å². The van der Waals surface area contributed by atoms with E-state index in [1.165, 1.54) is 12.1 Å². The molecule has 0 saturated carbocycles. The molecule has 0 fully saturated rings. The average molecular weight is 376 g/mol. The van der Waals surface area contributed by atoms with Gasteiger partial charge in [0.2, 0.25) is 10.0 Å². The van der Waals surface area contributed by atoms with Crippen LogP contribution in [0.5, 0.6) is 0 Å². The summed E-state index contributed by atoms with van der Waals surface area (Å²) in [7, 11) is -3.88. The van der Waals surface area contributed by atoms with Gasteiger partial charge in [-0.15, -0.1) is 0 Å². The third-order valence-electron chi connectivity index (χ3n) is 3.92. The Kier molecular flexibility index (Phi) is 5.12. The number of hydrogen-bond donors (Lipinski definition) is 2. The third kappa shape index (κ3) is 3.24. The van der Waals surface area contributed by atoms with E-state index in [-0.39, 0.29) is 31.2 Å². The van der Waals surface area contributed by atoms with Crippen molar-refractivity contribution in [2.75, 3.05) is 26.3 Å². The number of hydrogen-bond acceptors (Lipinski definition) is 6. The first-order valence-electron chi connectivity index (χ1n) is 7.74. The molecule has 0 bridgehead atoms. The largest absolute Gasteiger partial charge is 0.456 e. The fourth-order valence-corrected chi connectivity index (χ4v) is 4.19. The molecule has 0 spiro atoms. The van der Waals surface area contributed by atoms with Crippen molar-refractivity contribution in [2.45, 2.75) is 4.90 Å². The van der Waals surface area contributed by atoms with Crippen molar-refractivity contribution in [3.63, 3.8) is 0 Å². The highest BCUT2D eigenvalue weighted by Crippen LogP contribution is 2.33. The molecule has 10 heteroatoms. The van der Waals surface area contributed by atoms with Crippen LogP contribution in [0.4, 0.5) is 5.69 Å². The Morgan fingerprint density at radius 3 is 2.42 bits per heavy atom. The lowest BCUT2D eigenvalue weighted by molar-refractivity contribution is 0.217. The number of azide groups is 1. The predicted molar refractivity (Wildman–Crippen MR) is 95.5 cm³/mol. The number of fused-ring (bicyclic) bond motifs is 3. The van der Waals surface area contributed by atoms with Crippen LogP contribution in [0.15, 0.2) is 50.8 Å². The SMILES string of the molecule is [N-]=[N+]=Nc1ccc2c(c1)oc1ccc(S(=O)(=O)N(CCO)CCO)cc12. The van der Waals surface area contributed by atoms with E-state index >= 15 is 0 Å². The van der Waals surface area contributed by atoms with Crippen LogP contribution in [0.25, 0.3) is 32.4 Å². The smallest absolute Gasteiger partial charge is 0.243 e. The monoisotopic (exact) mass is 376 g/mol. The number of aliphatic hydroxyl groups is 2. The van der Waals surface area contributed by atoms with Crippen LogP contribution in [0.3, 0.4) is 0 Å². The molecule has 0 aliphatic rings. The second-order valence-electron chi connectivity index (χ2n) is 5.48. The Morgan fingerprint density at radius 1 is 1.04 bits per heavy atom. The summed E-state index contributed by atoms with van der Waals surface area (Å²) in [6, 6.07) is 9.34. The molecule has 2 aromatic carbocycles. The average Bonchev–Trinajstić information content (AvgIpc) is 2.98. The van der Waals surface area contributed by atoms with Gasteiger partial charge in [-0.25, -0.2) is 8.42 Å². The zero-order valence-corrected chi connectivity index (χ0v) is 14.4. The van der Waals surface area contributed by atoms with E-state index < -0.39 is 10.0 Å². The molecule has 0 aliphatic heterocycles. The first-order valence-corrected chi connectivity index (χ1v) is 9.18. The first-order chi connectivity index (χ1) is 12.5. The lowest BCUT2D eigenvalue weighted by Gasteiger charge is -2.20. The molecule has 1 aromatic heterocycles. The van der Waals surface area contributed by atoms with E-state index in [4.69, 9.17) is 20.2 Å². The highest BCUT2D eigenvalue weighted by molar-refractivity contribution is 7.89. The van der Waals surface area contributed by atoms with E-state index in [0.29, 0.717) is 27.6 Å². The molecule has 9 nitrogen and oxygen atoms in total. The number of furan rings is 1. The lowest BCUT2D eigenvalue weighted by atomic mass is 10.1. The number of nitrogens with zero attached hydrogens (tertiary/aromatic N) is 4. The van der Waals surface area contributed by atoms with Gasteiger partial charge in [-0.2, -0.15) is 4.31 Å². The van der Waals surface area contributed by atoms with Gasteiger partial charge in [-0.1, -0.05) is 17.2 Å². The summed E-state index contributed by atoms with van der Waals surface area (Å²) in [5, 5.41) is 23.0. The van der Waals surface area contributed by atoms with Crippen molar-refractivity contribution < 1.29 is 23.0 Å². The second kappa shape index (κ2) is 7.32. The molecule has 0 amide bonds. The summed E-state index contributed by atoms with van der Waals surface area (Å²) >= 11 is 0. The zero-order valence-electron chi connectivity index (χ0n) is 13.6. The minimum atomic E-state index is -3.88. The van der Waals surface area contributed by atoms with E-state index in [0.717, 1.165) is 4.31 Å². The summed E-state index contributed by atoms with van der Waals surface area (Å²) in [5.41, 5.74) is 9.88. The van der Waals surface area contributed by atoms with Crippen LogP contribution in [0, 0.1) is 0 Å². The van der Waals surface area contributed by atoms with Crippen LogP contribution in [0.2, 0.25) is 0 Å². The van der Waals surface area contributed by atoms with Crippen molar-refractivity contribution in [3.8, 4) is 0 Å². The van der Waals surface area contributed by atoms with E-state index in [1.54, 1.807) is 24.3 Å². The maximum Gasteiger partial charge on any atom is 0.243 e. The van der Waals surface area contributed by atoms with E-state index in [2.05, 4.69) is 10.0 Å². The van der Waals surface area contributed by atoms with Crippen molar-refractivity contribution in [1.82, 2.24) is 4.31 Å². The number of rotatable bonds is 7. The Bertz CT molecular complexity index is 1100. The lowest BCUT2D eigenvalue weighted by Crippen LogP contribution is -2.35. The van der Waals surface area contributed by atoms with Crippen LogP contribution in [-0.2, 0) is 10.0 Å².